The van der Waals surface area contributed by atoms with E-state index in [0.717, 1.165) is 6.42 Å². The van der Waals surface area contributed by atoms with E-state index in [4.69, 9.17) is 5.73 Å². The summed E-state index contributed by atoms with van der Waals surface area (Å²) in [6.07, 6.45) is 0.960. The molecule has 2 aromatic rings. The number of nitrogens with zero attached hydrogens (tertiary/aromatic N) is 3. The standard InChI is InChI=1S/C11H15N5S.CH4/c1-3-9(8-4-5-17-6-8)15-11-14-7(2)13-10(12)16-11;/h4-6,9H,3H2,1-2H3,(H3,12,13,14,15,16);1H4. The maximum Gasteiger partial charge on any atom is 0.228 e. The molecule has 0 bridgehead atoms. The van der Waals surface area contributed by atoms with Crippen LogP contribution in [0, 0.1) is 6.92 Å². The SMILES string of the molecule is C.CCC(Nc1nc(C)nc(N)n1)c1ccsc1. The summed E-state index contributed by atoms with van der Waals surface area (Å²) in [4.78, 5) is 12.2. The van der Waals surface area contributed by atoms with E-state index in [1.54, 1.807) is 18.3 Å². The molecule has 5 nitrogen and oxygen atoms in total. The largest absolute Gasteiger partial charge is 0.368 e. The average Bonchev–Trinajstić information content (AvgIpc) is 2.77. The first-order valence-corrected chi connectivity index (χ1v) is 6.40. The number of rotatable bonds is 4. The van der Waals surface area contributed by atoms with Gasteiger partial charge in [0.1, 0.15) is 5.82 Å². The second kappa shape index (κ2) is 6.30. The van der Waals surface area contributed by atoms with Crippen LogP contribution in [0.5, 0.6) is 0 Å². The monoisotopic (exact) mass is 265 g/mol. The van der Waals surface area contributed by atoms with E-state index < -0.39 is 0 Å². The van der Waals surface area contributed by atoms with Gasteiger partial charge >= 0.3 is 0 Å². The minimum absolute atomic E-state index is 0. The van der Waals surface area contributed by atoms with Crippen molar-refractivity contribution >= 4 is 23.2 Å². The first-order valence-electron chi connectivity index (χ1n) is 5.46. The Balaban J connectivity index is 0.00000162. The first kappa shape index (κ1) is 14.4. The molecule has 3 N–H and O–H groups in total. The molecule has 0 aromatic carbocycles. The number of nitrogens with two attached hydrogens (primary N) is 1. The summed E-state index contributed by atoms with van der Waals surface area (Å²) < 4.78 is 0. The van der Waals surface area contributed by atoms with Crippen LogP contribution in [0.3, 0.4) is 0 Å². The van der Waals surface area contributed by atoms with Gasteiger partial charge in [-0.2, -0.15) is 26.3 Å². The molecule has 0 saturated carbocycles. The smallest absolute Gasteiger partial charge is 0.228 e. The Hall–Kier alpha value is -1.69. The van der Waals surface area contributed by atoms with Crippen LogP contribution in [0.2, 0.25) is 0 Å². The first-order chi connectivity index (χ1) is 8.19. The van der Waals surface area contributed by atoms with E-state index in [1.807, 2.05) is 0 Å². The molecule has 0 saturated heterocycles. The second-order valence-electron chi connectivity index (χ2n) is 3.73. The number of nitrogens with one attached hydrogen (secondary N) is 1. The zero-order chi connectivity index (χ0) is 12.3. The van der Waals surface area contributed by atoms with Gasteiger partial charge in [0.25, 0.3) is 0 Å². The molecule has 0 aliphatic carbocycles. The number of aryl methyl sites for hydroxylation is 1. The topological polar surface area (TPSA) is 76.7 Å². The van der Waals surface area contributed by atoms with Crippen LogP contribution < -0.4 is 11.1 Å². The lowest BCUT2D eigenvalue weighted by atomic mass is 10.1. The lowest BCUT2D eigenvalue weighted by Gasteiger charge is -2.15. The highest BCUT2D eigenvalue weighted by molar-refractivity contribution is 7.07. The maximum absolute atomic E-state index is 5.60. The van der Waals surface area contributed by atoms with Crippen LogP contribution in [0.1, 0.15) is 38.2 Å². The Morgan fingerprint density at radius 3 is 2.72 bits per heavy atom. The third kappa shape index (κ3) is 3.40. The summed E-state index contributed by atoms with van der Waals surface area (Å²) in [5.41, 5.74) is 6.84. The maximum atomic E-state index is 5.60. The molecule has 0 radical (unpaired) electrons. The van der Waals surface area contributed by atoms with Gasteiger partial charge in [-0.1, -0.05) is 14.4 Å². The van der Waals surface area contributed by atoms with Gasteiger partial charge in [0.15, 0.2) is 0 Å². The van der Waals surface area contributed by atoms with Gasteiger partial charge in [-0.3, -0.25) is 0 Å². The molecule has 2 aromatic heterocycles. The van der Waals surface area contributed by atoms with Crippen molar-refractivity contribution in [3.63, 3.8) is 0 Å². The van der Waals surface area contributed by atoms with Crippen LogP contribution >= 0.6 is 11.3 Å². The normalized spacial score (nSPS) is 11.7. The van der Waals surface area contributed by atoms with Crippen molar-refractivity contribution in [2.45, 2.75) is 33.7 Å². The Morgan fingerprint density at radius 1 is 1.39 bits per heavy atom. The van der Waals surface area contributed by atoms with Crippen LogP contribution in [-0.2, 0) is 0 Å². The summed E-state index contributed by atoms with van der Waals surface area (Å²) >= 11 is 1.68. The molecule has 98 valence electrons. The fourth-order valence-corrected chi connectivity index (χ4v) is 2.33. The van der Waals surface area contributed by atoms with Crippen LogP contribution in [0.25, 0.3) is 0 Å². The lowest BCUT2D eigenvalue weighted by Crippen LogP contribution is -2.13. The van der Waals surface area contributed by atoms with Crippen molar-refractivity contribution in [2.24, 2.45) is 0 Å². The number of aromatic nitrogens is 3. The molecule has 1 atom stereocenters. The second-order valence-corrected chi connectivity index (χ2v) is 4.51. The molecule has 6 heteroatoms. The Morgan fingerprint density at radius 2 is 2.17 bits per heavy atom. The number of hydrogen-bond donors (Lipinski definition) is 2. The van der Waals surface area contributed by atoms with Crippen molar-refractivity contribution < 1.29 is 0 Å². The van der Waals surface area contributed by atoms with Crippen LogP contribution in [-0.4, -0.2) is 15.0 Å². The highest BCUT2D eigenvalue weighted by atomic mass is 32.1. The zero-order valence-corrected chi connectivity index (χ0v) is 10.7. The van der Waals surface area contributed by atoms with Gasteiger partial charge in [-0.15, -0.1) is 0 Å². The highest BCUT2D eigenvalue weighted by Crippen LogP contribution is 2.22. The summed E-state index contributed by atoms with van der Waals surface area (Å²) in [5.74, 6) is 1.41. The zero-order valence-electron chi connectivity index (χ0n) is 9.84. The highest BCUT2D eigenvalue weighted by Gasteiger charge is 2.11. The van der Waals surface area contributed by atoms with Crippen molar-refractivity contribution in [1.29, 1.82) is 0 Å². The van der Waals surface area contributed by atoms with Gasteiger partial charge in [0.2, 0.25) is 11.9 Å². The average molecular weight is 265 g/mol. The van der Waals surface area contributed by atoms with Gasteiger partial charge in [-0.05, 0) is 35.7 Å². The molecular weight excluding hydrogens is 246 g/mol. The van der Waals surface area contributed by atoms with Gasteiger partial charge in [0, 0.05) is 0 Å². The van der Waals surface area contributed by atoms with Crippen LogP contribution in [0.4, 0.5) is 11.9 Å². The summed E-state index contributed by atoms with van der Waals surface area (Å²) in [7, 11) is 0. The quantitative estimate of drug-likeness (QED) is 0.888. The molecule has 0 amide bonds. The number of thiophene rings is 1. The van der Waals surface area contributed by atoms with Crippen LogP contribution in [0.15, 0.2) is 16.8 Å². The van der Waals surface area contributed by atoms with Gasteiger partial charge < -0.3 is 11.1 Å². The number of anilines is 2. The van der Waals surface area contributed by atoms with Gasteiger partial charge in [0.05, 0.1) is 6.04 Å². The Kier molecular flexibility index (Phi) is 5.03. The van der Waals surface area contributed by atoms with Gasteiger partial charge in [-0.25, -0.2) is 0 Å². The molecule has 18 heavy (non-hydrogen) atoms. The third-order valence-electron chi connectivity index (χ3n) is 2.42. The van der Waals surface area contributed by atoms with Crippen molar-refractivity contribution in [3.05, 3.63) is 28.2 Å². The minimum Gasteiger partial charge on any atom is -0.368 e. The third-order valence-corrected chi connectivity index (χ3v) is 3.12. The van der Waals surface area contributed by atoms with E-state index in [-0.39, 0.29) is 19.4 Å². The Bertz CT molecular complexity index is 463. The lowest BCUT2D eigenvalue weighted by molar-refractivity contribution is 0.738. The molecular formula is C12H19N5S. The molecule has 2 heterocycles. The number of hydrogen-bond acceptors (Lipinski definition) is 6. The van der Waals surface area contributed by atoms with Crippen molar-refractivity contribution in [2.75, 3.05) is 11.1 Å². The van der Waals surface area contributed by atoms with E-state index in [1.165, 1.54) is 5.56 Å². The minimum atomic E-state index is 0. The molecule has 0 aliphatic heterocycles. The van der Waals surface area contributed by atoms with E-state index in [9.17, 15) is 0 Å². The fourth-order valence-electron chi connectivity index (χ4n) is 1.62. The number of nitrogen functional groups attached to an aromatic ring is 1. The molecule has 2 rings (SSSR count). The molecule has 1 unspecified atom stereocenters. The summed E-state index contributed by atoms with van der Waals surface area (Å²) in [6, 6.07) is 2.31. The van der Waals surface area contributed by atoms with E-state index in [0.29, 0.717) is 11.8 Å². The van der Waals surface area contributed by atoms with Crippen molar-refractivity contribution in [1.82, 2.24) is 15.0 Å². The fraction of sp³-hybridized carbons (Fsp3) is 0.417. The predicted molar refractivity (Wildman–Crippen MR) is 76.7 cm³/mol. The van der Waals surface area contributed by atoms with E-state index in [2.05, 4.69) is 44.0 Å². The summed E-state index contributed by atoms with van der Waals surface area (Å²) in [6.45, 7) is 3.92. The van der Waals surface area contributed by atoms with Crippen molar-refractivity contribution in [3.8, 4) is 0 Å². The molecule has 0 fully saturated rings. The van der Waals surface area contributed by atoms with E-state index >= 15 is 0 Å². The molecule has 0 aliphatic rings. The summed E-state index contributed by atoms with van der Waals surface area (Å²) in [5, 5.41) is 7.46. The Labute approximate surface area is 112 Å². The predicted octanol–water partition coefficient (Wildman–Crippen LogP) is 3.02. The molecule has 0 spiro atoms.